The van der Waals surface area contributed by atoms with Crippen LogP contribution in [0.15, 0.2) is 66.7 Å². The molecular weight excluding hydrogens is 404 g/mol. The lowest BCUT2D eigenvalue weighted by Crippen LogP contribution is -2.39. The molecule has 0 bridgehead atoms. The minimum atomic E-state index is -0.362. The minimum Gasteiger partial charge on any atom is -0.495 e. The smallest absolute Gasteiger partial charge is 0.323 e. The molecule has 3 aromatic carbocycles. The third kappa shape index (κ3) is 4.67. The Hall–Kier alpha value is -4.00. The maximum atomic E-state index is 13.0. The van der Waals surface area contributed by atoms with Gasteiger partial charge in [0.25, 0.3) is 0 Å². The zero-order valence-corrected chi connectivity index (χ0v) is 18.1. The normalized spacial score (nSPS) is 12.4. The zero-order chi connectivity index (χ0) is 22.5. The van der Waals surface area contributed by atoms with Gasteiger partial charge in [-0.15, -0.1) is 0 Å². The third-order valence-electron chi connectivity index (χ3n) is 5.41. The lowest BCUT2D eigenvalue weighted by atomic mass is 10.1. The van der Waals surface area contributed by atoms with Gasteiger partial charge in [0.15, 0.2) is 0 Å². The molecule has 0 saturated heterocycles. The maximum Gasteiger partial charge on any atom is 0.323 e. The van der Waals surface area contributed by atoms with Gasteiger partial charge in [0, 0.05) is 18.8 Å². The number of ether oxygens (including phenoxy) is 1. The summed E-state index contributed by atoms with van der Waals surface area (Å²) in [6.07, 6.45) is 0.236. The molecule has 0 fully saturated rings. The number of benzene rings is 3. The molecule has 0 saturated carbocycles. The topological polar surface area (TPSA) is 82.7 Å². The summed E-state index contributed by atoms with van der Waals surface area (Å²) in [5.74, 6) is 0.509. The summed E-state index contributed by atoms with van der Waals surface area (Å²) in [4.78, 5) is 27.3. The van der Waals surface area contributed by atoms with Gasteiger partial charge in [-0.05, 0) is 48.4 Å². The summed E-state index contributed by atoms with van der Waals surface area (Å²) in [7, 11) is 1.54. The van der Waals surface area contributed by atoms with Gasteiger partial charge >= 0.3 is 6.03 Å². The van der Waals surface area contributed by atoms with Crippen LogP contribution in [0, 0.1) is 6.92 Å². The van der Waals surface area contributed by atoms with Crippen LogP contribution in [0.5, 0.6) is 5.75 Å². The predicted octanol–water partition coefficient (Wildman–Crippen LogP) is 4.65. The van der Waals surface area contributed by atoms with Gasteiger partial charge in [-0.25, -0.2) is 4.79 Å². The summed E-state index contributed by atoms with van der Waals surface area (Å²) in [5, 5.41) is 8.97. The Morgan fingerprint density at radius 2 is 1.75 bits per heavy atom. The molecule has 7 heteroatoms. The number of nitrogens with zero attached hydrogens (tertiary/aromatic N) is 1. The van der Waals surface area contributed by atoms with Crippen LogP contribution in [-0.2, 0) is 11.2 Å². The first kappa shape index (κ1) is 21.2. The Morgan fingerprint density at radius 1 is 1.00 bits per heavy atom. The number of urea groups is 1. The molecule has 0 unspecified atom stereocenters. The Bertz CT molecular complexity index is 1150. The second-order valence-corrected chi connectivity index (χ2v) is 7.59. The van der Waals surface area contributed by atoms with Crippen molar-refractivity contribution in [3.63, 3.8) is 0 Å². The highest BCUT2D eigenvalue weighted by atomic mass is 16.5. The van der Waals surface area contributed by atoms with Crippen LogP contribution in [-0.4, -0.2) is 32.1 Å². The van der Waals surface area contributed by atoms with Crippen LogP contribution in [0.4, 0.5) is 27.5 Å². The number of fused-ring (bicyclic) bond motifs is 1. The van der Waals surface area contributed by atoms with E-state index in [4.69, 9.17) is 4.74 Å². The van der Waals surface area contributed by atoms with Gasteiger partial charge in [0.1, 0.15) is 5.75 Å². The van der Waals surface area contributed by atoms with E-state index in [1.165, 1.54) is 7.11 Å². The fourth-order valence-electron chi connectivity index (χ4n) is 3.75. The summed E-state index contributed by atoms with van der Waals surface area (Å²) in [6, 6.07) is 20.4. The van der Waals surface area contributed by atoms with Gasteiger partial charge in [-0.3, -0.25) is 4.79 Å². The molecule has 3 amide bonds. The summed E-state index contributed by atoms with van der Waals surface area (Å²) in [6.45, 7) is 3.26. The molecular formula is C25H26N4O3. The largest absolute Gasteiger partial charge is 0.495 e. The molecule has 1 aliphatic heterocycles. The van der Waals surface area contributed by atoms with Gasteiger partial charge in [0.2, 0.25) is 5.91 Å². The second-order valence-electron chi connectivity index (χ2n) is 7.59. The molecule has 1 heterocycles. The van der Waals surface area contributed by atoms with Crippen LogP contribution in [0.2, 0.25) is 0 Å². The molecule has 7 nitrogen and oxygen atoms in total. The first-order valence-corrected chi connectivity index (χ1v) is 10.5. The van der Waals surface area contributed by atoms with Crippen molar-refractivity contribution in [2.24, 2.45) is 0 Å². The lowest BCUT2D eigenvalue weighted by Gasteiger charge is -2.30. The van der Waals surface area contributed by atoms with E-state index in [9.17, 15) is 9.59 Å². The van der Waals surface area contributed by atoms with E-state index in [0.717, 1.165) is 28.2 Å². The fraction of sp³-hybridized carbons (Fsp3) is 0.200. The second kappa shape index (κ2) is 9.43. The number of amides is 3. The van der Waals surface area contributed by atoms with Crippen molar-refractivity contribution in [1.82, 2.24) is 0 Å². The number of carbonyl (C=O) groups excluding carboxylic acids is 2. The number of hydrogen-bond acceptors (Lipinski definition) is 4. The Morgan fingerprint density at radius 3 is 2.56 bits per heavy atom. The van der Waals surface area contributed by atoms with Crippen molar-refractivity contribution in [2.75, 3.05) is 41.0 Å². The molecule has 4 rings (SSSR count). The van der Waals surface area contributed by atoms with Crippen LogP contribution in [0.3, 0.4) is 0 Å². The number of para-hydroxylation sites is 3. The van der Waals surface area contributed by atoms with E-state index in [1.807, 2.05) is 61.5 Å². The first-order chi connectivity index (χ1) is 15.5. The van der Waals surface area contributed by atoms with Crippen molar-refractivity contribution in [2.45, 2.75) is 13.3 Å². The molecule has 3 aromatic rings. The van der Waals surface area contributed by atoms with Gasteiger partial charge in [-0.2, -0.15) is 0 Å². The Labute approximate surface area is 187 Å². The number of hydrogen-bond donors (Lipinski definition) is 3. The van der Waals surface area contributed by atoms with Crippen LogP contribution in [0.1, 0.15) is 11.1 Å². The monoisotopic (exact) mass is 430 g/mol. The standard InChI is InChI=1S/C25H26N4O3/c1-17-7-3-4-8-19(17)27-25(31)28-21-12-11-18(15-23(21)32-2)16-24(30)29-14-13-26-20-9-5-6-10-22(20)29/h3-12,15,26H,13-14,16H2,1-2H3,(H2,27,28,31). The molecule has 0 aliphatic carbocycles. The van der Waals surface area contributed by atoms with E-state index in [1.54, 1.807) is 17.0 Å². The van der Waals surface area contributed by atoms with E-state index in [2.05, 4.69) is 16.0 Å². The average molecular weight is 431 g/mol. The van der Waals surface area contributed by atoms with Gasteiger partial charge in [-0.1, -0.05) is 36.4 Å². The first-order valence-electron chi connectivity index (χ1n) is 10.5. The number of aryl methyl sites for hydroxylation is 1. The van der Waals surface area contributed by atoms with Gasteiger partial charge < -0.3 is 25.6 Å². The maximum absolute atomic E-state index is 13.0. The van der Waals surface area contributed by atoms with Gasteiger partial charge in [0.05, 0.1) is 30.6 Å². The van der Waals surface area contributed by atoms with E-state index >= 15 is 0 Å². The average Bonchev–Trinajstić information content (AvgIpc) is 2.81. The molecule has 0 spiro atoms. The number of methoxy groups -OCH3 is 1. The van der Waals surface area contributed by atoms with Crippen molar-refractivity contribution in [1.29, 1.82) is 0 Å². The van der Waals surface area contributed by atoms with E-state index in [-0.39, 0.29) is 18.4 Å². The minimum absolute atomic E-state index is 0.0130. The van der Waals surface area contributed by atoms with E-state index < -0.39 is 0 Å². The summed E-state index contributed by atoms with van der Waals surface area (Å²) < 4.78 is 5.47. The summed E-state index contributed by atoms with van der Waals surface area (Å²) in [5.41, 5.74) is 4.90. The Balaban J connectivity index is 1.45. The molecule has 0 radical (unpaired) electrons. The number of nitrogens with one attached hydrogen (secondary N) is 3. The molecule has 0 aromatic heterocycles. The van der Waals surface area contributed by atoms with Crippen molar-refractivity contribution >= 4 is 34.7 Å². The molecule has 164 valence electrons. The Kier molecular flexibility index (Phi) is 6.26. The van der Waals surface area contributed by atoms with Crippen LogP contribution in [0.25, 0.3) is 0 Å². The molecule has 32 heavy (non-hydrogen) atoms. The van der Waals surface area contributed by atoms with Crippen molar-refractivity contribution < 1.29 is 14.3 Å². The lowest BCUT2D eigenvalue weighted by molar-refractivity contribution is -0.118. The molecule has 3 N–H and O–H groups in total. The fourth-order valence-corrected chi connectivity index (χ4v) is 3.75. The molecule has 0 atom stereocenters. The predicted molar refractivity (Wildman–Crippen MR) is 128 cm³/mol. The highest BCUT2D eigenvalue weighted by molar-refractivity contribution is 6.01. The highest BCUT2D eigenvalue weighted by Crippen LogP contribution is 2.30. The van der Waals surface area contributed by atoms with Crippen LogP contribution < -0.4 is 25.6 Å². The van der Waals surface area contributed by atoms with Crippen molar-refractivity contribution in [3.05, 3.63) is 77.9 Å². The molecule has 1 aliphatic rings. The van der Waals surface area contributed by atoms with Crippen LogP contribution >= 0.6 is 0 Å². The summed E-state index contributed by atoms with van der Waals surface area (Å²) >= 11 is 0. The zero-order valence-electron chi connectivity index (χ0n) is 18.1. The quantitative estimate of drug-likeness (QED) is 0.550. The van der Waals surface area contributed by atoms with E-state index in [0.29, 0.717) is 24.5 Å². The number of carbonyl (C=O) groups is 2. The number of rotatable bonds is 5. The third-order valence-corrected chi connectivity index (χ3v) is 5.41. The SMILES string of the molecule is COc1cc(CC(=O)N2CCNc3ccccc32)ccc1NC(=O)Nc1ccccc1C. The number of anilines is 4. The van der Waals surface area contributed by atoms with Crippen molar-refractivity contribution in [3.8, 4) is 5.75 Å². The highest BCUT2D eigenvalue weighted by Gasteiger charge is 2.22.